The number of nitrogens with zero attached hydrogens (tertiary/aromatic N) is 1. The molecule has 0 saturated carbocycles. The van der Waals surface area contributed by atoms with E-state index in [0.717, 1.165) is 31.6 Å². The summed E-state index contributed by atoms with van der Waals surface area (Å²) in [7, 11) is 0. The second kappa shape index (κ2) is 6.94. The molecule has 1 aliphatic heterocycles. The number of hydrogen-bond donors (Lipinski definition) is 2. The minimum atomic E-state index is 0.0850. The number of aromatic hydroxyl groups is 1. The van der Waals surface area contributed by atoms with Gasteiger partial charge >= 0.3 is 0 Å². The number of nitrogens with one attached hydrogen (secondary N) is 1. The molecule has 0 spiro atoms. The molecule has 0 radical (unpaired) electrons. The summed E-state index contributed by atoms with van der Waals surface area (Å²) in [5, 5.41) is 12.9. The fraction of sp³-hybridized carbons (Fsp3) is 0.588. The average molecular weight is 290 g/mol. The predicted molar refractivity (Wildman–Crippen MR) is 84.6 cm³/mol. The largest absolute Gasteiger partial charge is 0.508 e. The van der Waals surface area contributed by atoms with E-state index in [1.54, 1.807) is 18.2 Å². The molecule has 1 unspecified atom stereocenters. The van der Waals surface area contributed by atoms with Gasteiger partial charge in [0.2, 0.25) is 0 Å². The number of piperidine rings is 1. The quantitative estimate of drug-likeness (QED) is 0.896. The van der Waals surface area contributed by atoms with Gasteiger partial charge in [0, 0.05) is 24.7 Å². The molecule has 1 aromatic rings. The molecule has 2 N–H and O–H groups in total. The fourth-order valence-electron chi connectivity index (χ4n) is 2.88. The van der Waals surface area contributed by atoms with Gasteiger partial charge in [0.1, 0.15) is 5.75 Å². The van der Waals surface area contributed by atoms with Crippen LogP contribution in [0.25, 0.3) is 0 Å². The van der Waals surface area contributed by atoms with Crippen molar-refractivity contribution < 1.29 is 9.90 Å². The molecule has 1 heterocycles. The number of aryl methyl sites for hydroxylation is 1. The van der Waals surface area contributed by atoms with E-state index in [1.165, 1.54) is 6.42 Å². The molecule has 4 heteroatoms. The van der Waals surface area contributed by atoms with Crippen molar-refractivity contribution in [1.29, 1.82) is 0 Å². The van der Waals surface area contributed by atoms with Crippen molar-refractivity contribution in [3.05, 3.63) is 29.3 Å². The third kappa shape index (κ3) is 4.21. The SMILES string of the molecule is Cc1cc(O)ccc1C(=O)N1CCCC(CNC(C)C)C1. The Kier molecular flexibility index (Phi) is 5.23. The van der Waals surface area contributed by atoms with E-state index in [4.69, 9.17) is 0 Å². The van der Waals surface area contributed by atoms with Crippen LogP contribution in [0.4, 0.5) is 0 Å². The van der Waals surface area contributed by atoms with Gasteiger partial charge in [0.15, 0.2) is 0 Å². The lowest BCUT2D eigenvalue weighted by Crippen LogP contribution is -2.43. The molecule has 1 aliphatic rings. The van der Waals surface area contributed by atoms with Crippen LogP contribution in [0.3, 0.4) is 0 Å². The van der Waals surface area contributed by atoms with E-state index in [9.17, 15) is 9.90 Å². The van der Waals surface area contributed by atoms with Gasteiger partial charge < -0.3 is 15.3 Å². The van der Waals surface area contributed by atoms with Crippen molar-refractivity contribution in [3.63, 3.8) is 0 Å². The first kappa shape index (κ1) is 15.8. The Hall–Kier alpha value is -1.55. The van der Waals surface area contributed by atoms with Crippen LogP contribution in [0.1, 0.15) is 42.6 Å². The maximum absolute atomic E-state index is 12.6. The zero-order valence-corrected chi connectivity index (χ0v) is 13.2. The molecule has 116 valence electrons. The highest BCUT2D eigenvalue weighted by Crippen LogP contribution is 2.21. The summed E-state index contributed by atoms with van der Waals surface area (Å²) in [4.78, 5) is 14.6. The smallest absolute Gasteiger partial charge is 0.254 e. The first-order valence-electron chi connectivity index (χ1n) is 7.79. The van der Waals surface area contributed by atoms with Crippen LogP contribution >= 0.6 is 0 Å². The topological polar surface area (TPSA) is 52.6 Å². The Bertz CT molecular complexity index is 500. The van der Waals surface area contributed by atoms with Crippen LogP contribution in [0.2, 0.25) is 0 Å². The standard InChI is InChI=1S/C17H26N2O2/c1-12(2)18-10-14-5-4-8-19(11-14)17(21)16-7-6-15(20)9-13(16)3/h6-7,9,12,14,18,20H,4-5,8,10-11H2,1-3H3. The van der Waals surface area contributed by atoms with Crippen molar-refractivity contribution in [3.8, 4) is 5.75 Å². The minimum absolute atomic E-state index is 0.0850. The van der Waals surface area contributed by atoms with E-state index < -0.39 is 0 Å². The van der Waals surface area contributed by atoms with E-state index in [-0.39, 0.29) is 11.7 Å². The lowest BCUT2D eigenvalue weighted by atomic mass is 9.96. The van der Waals surface area contributed by atoms with Crippen molar-refractivity contribution in [1.82, 2.24) is 10.2 Å². The summed E-state index contributed by atoms with van der Waals surface area (Å²) in [6.07, 6.45) is 2.24. The van der Waals surface area contributed by atoms with E-state index >= 15 is 0 Å². The molecule has 1 saturated heterocycles. The number of amides is 1. The normalized spacial score (nSPS) is 19.0. The van der Waals surface area contributed by atoms with Crippen molar-refractivity contribution >= 4 is 5.91 Å². The van der Waals surface area contributed by atoms with Crippen molar-refractivity contribution in [2.75, 3.05) is 19.6 Å². The second-order valence-corrected chi connectivity index (χ2v) is 6.32. The highest BCUT2D eigenvalue weighted by Gasteiger charge is 2.25. The molecule has 4 nitrogen and oxygen atoms in total. The number of carbonyl (C=O) groups is 1. The molecular formula is C17H26N2O2. The second-order valence-electron chi connectivity index (χ2n) is 6.32. The van der Waals surface area contributed by atoms with Gasteiger partial charge in [-0.2, -0.15) is 0 Å². The van der Waals surface area contributed by atoms with Crippen molar-refractivity contribution in [2.24, 2.45) is 5.92 Å². The lowest BCUT2D eigenvalue weighted by molar-refractivity contribution is 0.0671. The van der Waals surface area contributed by atoms with Gasteiger partial charge in [-0.3, -0.25) is 4.79 Å². The van der Waals surface area contributed by atoms with Crippen LogP contribution in [0, 0.1) is 12.8 Å². The third-order valence-corrected chi connectivity index (χ3v) is 4.06. The van der Waals surface area contributed by atoms with E-state index in [2.05, 4.69) is 19.2 Å². The van der Waals surface area contributed by atoms with Crippen LogP contribution < -0.4 is 5.32 Å². The molecule has 2 rings (SSSR count). The minimum Gasteiger partial charge on any atom is -0.508 e. The molecule has 1 aromatic carbocycles. The molecule has 1 amide bonds. The number of phenols is 1. The number of rotatable bonds is 4. The Labute approximate surface area is 127 Å². The predicted octanol–water partition coefficient (Wildman–Crippen LogP) is 2.55. The van der Waals surface area contributed by atoms with Crippen LogP contribution in [0.15, 0.2) is 18.2 Å². The summed E-state index contributed by atoms with van der Waals surface area (Å²) in [6.45, 7) is 8.78. The zero-order valence-electron chi connectivity index (χ0n) is 13.2. The first-order chi connectivity index (χ1) is 9.97. The lowest BCUT2D eigenvalue weighted by Gasteiger charge is -2.33. The summed E-state index contributed by atoms with van der Waals surface area (Å²) in [5.41, 5.74) is 1.53. The molecule has 0 aromatic heterocycles. The number of phenolic OH excluding ortho intramolecular Hbond substituents is 1. The summed E-state index contributed by atoms with van der Waals surface area (Å²) >= 11 is 0. The highest BCUT2D eigenvalue weighted by atomic mass is 16.3. The fourth-order valence-corrected chi connectivity index (χ4v) is 2.88. The number of likely N-dealkylation sites (tertiary alicyclic amines) is 1. The van der Waals surface area contributed by atoms with Gasteiger partial charge in [-0.25, -0.2) is 0 Å². The molecular weight excluding hydrogens is 264 g/mol. The van der Waals surface area contributed by atoms with Gasteiger partial charge in [0.05, 0.1) is 0 Å². The molecule has 1 fully saturated rings. The maximum Gasteiger partial charge on any atom is 0.254 e. The zero-order chi connectivity index (χ0) is 15.4. The monoisotopic (exact) mass is 290 g/mol. The van der Waals surface area contributed by atoms with Gasteiger partial charge in [-0.15, -0.1) is 0 Å². The average Bonchev–Trinajstić information content (AvgIpc) is 2.45. The molecule has 21 heavy (non-hydrogen) atoms. The summed E-state index contributed by atoms with van der Waals surface area (Å²) in [5.74, 6) is 0.825. The number of benzene rings is 1. The number of hydrogen-bond acceptors (Lipinski definition) is 3. The first-order valence-corrected chi connectivity index (χ1v) is 7.79. The molecule has 0 aliphatic carbocycles. The number of carbonyl (C=O) groups excluding carboxylic acids is 1. The van der Waals surface area contributed by atoms with E-state index in [1.807, 2.05) is 11.8 Å². The maximum atomic E-state index is 12.6. The van der Waals surface area contributed by atoms with Gasteiger partial charge in [-0.1, -0.05) is 13.8 Å². The van der Waals surface area contributed by atoms with Crippen LogP contribution in [0.5, 0.6) is 5.75 Å². The Balaban J connectivity index is 2.01. The molecule has 1 atom stereocenters. The Morgan fingerprint density at radius 2 is 2.24 bits per heavy atom. The van der Waals surface area contributed by atoms with E-state index in [0.29, 0.717) is 17.5 Å². The summed E-state index contributed by atoms with van der Waals surface area (Å²) in [6, 6.07) is 5.44. The van der Waals surface area contributed by atoms with Crippen LogP contribution in [-0.2, 0) is 0 Å². The summed E-state index contributed by atoms with van der Waals surface area (Å²) < 4.78 is 0. The van der Waals surface area contributed by atoms with Gasteiger partial charge in [0.25, 0.3) is 5.91 Å². The molecule has 0 bridgehead atoms. The highest BCUT2D eigenvalue weighted by molar-refractivity contribution is 5.95. The third-order valence-electron chi connectivity index (χ3n) is 4.06. The van der Waals surface area contributed by atoms with Crippen LogP contribution in [-0.4, -0.2) is 41.6 Å². The van der Waals surface area contributed by atoms with Gasteiger partial charge in [-0.05, 0) is 56.0 Å². The Morgan fingerprint density at radius 1 is 1.48 bits per heavy atom. The Morgan fingerprint density at radius 3 is 2.90 bits per heavy atom. The van der Waals surface area contributed by atoms with Crippen molar-refractivity contribution in [2.45, 2.75) is 39.7 Å².